The second-order valence-corrected chi connectivity index (χ2v) is 5.52. The first-order chi connectivity index (χ1) is 8.41. The maximum Gasteiger partial charge on any atom is 0.163 e. The smallest absolute Gasteiger partial charge is 0.163 e. The molecular weight excluding hydrogens is 228 g/mol. The molecule has 18 heavy (non-hydrogen) atoms. The highest BCUT2D eigenvalue weighted by atomic mass is 16.7. The Morgan fingerprint density at radius 2 is 1.78 bits per heavy atom. The molecule has 1 aromatic carbocycles. The molecule has 0 unspecified atom stereocenters. The molecule has 0 aromatic heterocycles. The van der Waals surface area contributed by atoms with Crippen molar-refractivity contribution in [1.82, 2.24) is 0 Å². The van der Waals surface area contributed by atoms with Crippen molar-refractivity contribution < 1.29 is 14.6 Å². The number of benzene rings is 1. The summed E-state index contributed by atoms with van der Waals surface area (Å²) in [5.41, 5.74) is 0.922. The normalized spacial score (nSPS) is 30.1. The Kier molecular flexibility index (Phi) is 3.76. The van der Waals surface area contributed by atoms with Crippen LogP contribution in [-0.2, 0) is 9.47 Å². The van der Waals surface area contributed by atoms with E-state index in [1.807, 2.05) is 58.0 Å². The van der Waals surface area contributed by atoms with Crippen LogP contribution in [0.1, 0.15) is 39.4 Å². The van der Waals surface area contributed by atoms with Gasteiger partial charge in [-0.2, -0.15) is 0 Å². The number of ether oxygens (including phenoxy) is 2. The van der Waals surface area contributed by atoms with Gasteiger partial charge in [0.1, 0.15) is 0 Å². The first-order valence-corrected chi connectivity index (χ1v) is 6.49. The molecule has 3 nitrogen and oxygen atoms in total. The van der Waals surface area contributed by atoms with Gasteiger partial charge in [0, 0.05) is 5.92 Å². The molecule has 0 aliphatic carbocycles. The molecule has 0 bridgehead atoms. The van der Waals surface area contributed by atoms with Gasteiger partial charge in [0.15, 0.2) is 5.79 Å². The minimum Gasteiger partial charge on any atom is -0.388 e. The summed E-state index contributed by atoms with van der Waals surface area (Å²) in [4.78, 5) is 0. The van der Waals surface area contributed by atoms with Gasteiger partial charge in [0.25, 0.3) is 0 Å². The fourth-order valence-corrected chi connectivity index (χ4v) is 2.63. The largest absolute Gasteiger partial charge is 0.388 e. The average molecular weight is 250 g/mol. The molecule has 1 saturated heterocycles. The molecule has 1 aliphatic rings. The van der Waals surface area contributed by atoms with E-state index in [0.717, 1.165) is 5.56 Å². The van der Waals surface area contributed by atoms with Crippen LogP contribution >= 0.6 is 0 Å². The van der Waals surface area contributed by atoms with Crippen LogP contribution < -0.4 is 0 Å². The predicted octanol–water partition coefficient (Wildman–Crippen LogP) is 2.90. The van der Waals surface area contributed by atoms with Crippen molar-refractivity contribution in [1.29, 1.82) is 0 Å². The Morgan fingerprint density at radius 3 is 2.28 bits per heavy atom. The monoisotopic (exact) mass is 250 g/mol. The van der Waals surface area contributed by atoms with Gasteiger partial charge < -0.3 is 14.6 Å². The van der Waals surface area contributed by atoms with Gasteiger partial charge in [0.2, 0.25) is 0 Å². The SMILES string of the molecule is C[C@@H]([C@@H]1OC(C)(C)O[C@H]1C)[C@H](O)c1ccccc1. The van der Waals surface area contributed by atoms with Crippen molar-refractivity contribution in [2.75, 3.05) is 0 Å². The molecule has 0 amide bonds. The molecule has 100 valence electrons. The van der Waals surface area contributed by atoms with Crippen molar-refractivity contribution >= 4 is 0 Å². The number of hydrogen-bond donors (Lipinski definition) is 1. The lowest BCUT2D eigenvalue weighted by molar-refractivity contribution is -0.152. The fourth-order valence-electron chi connectivity index (χ4n) is 2.63. The Balaban J connectivity index is 2.10. The highest BCUT2D eigenvalue weighted by Crippen LogP contribution is 2.36. The minimum atomic E-state index is -0.561. The zero-order valence-electron chi connectivity index (χ0n) is 11.5. The van der Waals surface area contributed by atoms with E-state index >= 15 is 0 Å². The lowest BCUT2D eigenvalue weighted by Crippen LogP contribution is -2.31. The van der Waals surface area contributed by atoms with Gasteiger partial charge in [-0.1, -0.05) is 37.3 Å². The number of aliphatic hydroxyl groups is 1. The third-order valence-electron chi connectivity index (χ3n) is 3.51. The summed E-state index contributed by atoms with van der Waals surface area (Å²) in [5.74, 6) is -0.571. The quantitative estimate of drug-likeness (QED) is 0.896. The van der Waals surface area contributed by atoms with Crippen LogP contribution in [0.15, 0.2) is 30.3 Å². The molecule has 3 heteroatoms. The van der Waals surface area contributed by atoms with Crippen LogP contribution in [0.3, 0.4) is 0 Å². The maximum atomic E-state index is 10.4. The average Bonchev–Trinajstić information content (AvgIpc) is 2.62. The lowest BCUT2D eigenvalue weighted by Gasteiger charge is -2.26. The zero-order valence-corrected chi connectivity index (χ0v) is 11.5. The summed E-state index contributed by atoms with van der Waals surface area (Å²) in [7, 11) is 0. The van der Waals surface area contributed by atoms with Crippen molar-refractivity contribution in [2.24, 2.45) is 5.92 Å². The van der Waals surface area contributed by atoms with Gasteiger partial charge in [-0.15, -0.1) is 0 Å². The molecule has 0 saturated carbocycles. The van der Waals surface area contributed by atoms with E-state index in [-0.39, 0.29) is 18.1 Å². The molecule has 1 aromatic rings. The Hall–Kier alpha value is -0.900. The van der Waals surface area contributed by atoms with Crippen molar-refractivity contribution in [3.05, 3.63) is 35.9 Å². The van der Waals surface area contributed by atoms with E-state index in [1.54, 1.807) is 0 Å². The Bertz CT molecular complexity index is 388. The first kappa shape index (κ1) is 13.5. The summed E-state index contributed by atoms with van der Waals surface area (Å²) >= 11 is 0. The summed E-state index contributed by atoms with van der Waals surface area (Å²) in [5, 5.41) is 10.4. The van der Waals surface area contributed by atoms with Crippen LogP contribution in [0.4, 0.5) is 0 Å². The predicted molar refractivity (Wildman–Crippen MR) is 70.1 cm³/mol. The molecule has 1 aliphatic heterocycles. The van der Waals surface area contributed by atoms with Crippen LogP contribution in [0.5, 0.6) is 0 Å². The van der Waals surface area contributed by atoms with E-state index in [0.29, 0.717) is 0 Å². The topological polar surface area (TPSA) is 38.7 Å². The van der Waals surface area contributed by atoms with Gasteiger partial charge in [-0.3, -0.25) is 0 Å². The van der Waals surface area contributed by atoms with Crippen LogP contribution in [0.2, 0.25) is 0 Å². The molecule has 1 fully saturated rings. The molecular formula is C15H22O3. The molecule has 0 spiro atoms. The highest BCUT2D eigenvalue weighted by Gasteiger charge is 2.43. The van der Waals surface area contributed by atoms with E-state index in [4.69, 9.17) is 9.47 Å². The minimum absolute atomic E-state index is 0.00615. The van der Waals surface area contributed by atoms with Gasteiger partial charge >= 0.3 is 0 Å². The Labute approximate surface area is 109 Å². The number of rotatable bonds is 3. The van der Waals surface area contributed by atoms with Gasteiger partial charge in [-0.25, -0.2) is 0 Å². The standard InChI is InChI=1S/C15H22O3/c1-10(13(16)12-8-6-5-7-9-12)14-11(2)17-15(3,4)18-14/h5-11,13-14,16H,1-4H3/t10-,11+,13+,14+/m1/s1. The van der Waals surface area contributed by atoms with E-state index < -0.39 is 11.9 Å². The lowest BCUT2D eigenvalue weighted by atomic mass is 9.90. The van der Waals surface area contributed by atoms with E-state index in [9.17, 15) is 5.11 Å². The zero-order chi connectivity index (χ0) is 13.3. The van der Waals surface area contributed by atoms with E-state index in [1.165, 1.54) is 0 Å². The number of hydrogen-bond acceptors (Lipinski definition) is 3. The van der Waals surface area contributed by atoms with Gasteiger partial charge in [0.05, 0.1) is 18.3 Å². The summed E-state index contributed by atoms with van der Waals surface area (Å²) in [6.45, 7) is 7.81. The summed E-state index contributed by atoms with van der Waals surface area (Å²) < 4.78 is 11.6. The van der Waals surface area contributed by atoms with Crippen molar-refractivity contribution in [3.8, 4) is 0 Å². The van der Waals surface area contributed by atoms with Crippen molar-refractivity contribution in [2.45, 2.75) is 51.8 Å². The third kappa shape index (κ3) is 2.74. The first-order valence-electron chi connectivity index (χ1n) is 6.49. The Morgan fingerprint density at radius 1 is 1.17 bits per heavy atom. The van der Waals surface area contributed by atoms with E-state index in [2.05, 4.69) is 0 Å². The van der Waals surface area contributed by atoms with Crippen LogP contribution in [-0.4, -0.2) is 23.1 Å². The number of aliphatic hydroxyl groups excluding tert-OH is 1. The van der Waals surface area contributed by atoms with Crippen molar-refractivity contribution in [3.63, 3.8) is 0 Å². The summed E-state index contributed by atoms with van der Waals surface area (Å²) in [6, 6.07) is 9.69. The highest BCUT2D eigenvalue weighted by molar-refractivity contribution is 5.18. The second kappa shape index (κ2) is 5.00. The van der Waals surface area contributed by atoms with Gasteiger partial charge in [-0.05, 0) is 26.3 Å². The maximum absolute atomic E-state index is 10.4. The van der Waals surface area contributed by atoms with Crippen LogP contribution in [0, 0.1) is 5.92 Å². The van der Waals surface area contributed by atoms with Crippen LogP contribution in [0.25, 0.3) is 0 Å². The molecule has 2 rings (SSSR count). The molecule has 1 N–H and O–H groups in total. The molecule has 4 atom stereocenters. The molecule has 1 heterocycles. The summed E-state index contributed by atoms with van der Waals surface area (Å²) in [6.07, 6.45) is -0.625. The third-order valence-corrected chi connectivity index (χ3v) is 3.51. The molecule has 0 radical (unpaired) electrons. The fraction of sp³-hybridized carbons (Fsp3) is 0.600. The second-order valence-electron chi connectivity index (χ2n) is 5.52.